The van der Waals surface area contributed by atoms with E-state index in [-0.39, 0.29) is 25.9 Å². The van der Waals surface area contributed by atoms with Crippen molar-refractivity contribution in [3.8, 4) is 5.75 Å². The lowest BCUT2D eigenvalue weighted by atomic mass is 10.0. The monoisotopic (exact) mass is 550 g/mol. The van der Waals surface area contributed by atoms with Crippen molar-refractivity contribution in [2.45, 2.75) is 63.0 Å². The summed E-state index contributed by atoms with van der Waals surface area (Å²) in [6.07, 6.45) is 1.52. The minimum atomic E-state index is -1.23. The number of hydrogen-bond acceptors (Lipinski definition) is 6. The van der Waals surface area contributed by atoms with Gasteiger partial charge in [0.2, 0.25) is 0 Å². The Bertz CT molecular complexity index is 1100. The number of aliphatic carboxylic acids is 1. The first kappa shape index (κ1) is 27.2. The molecule has 1 saturated carbocycles. The minimum absolute atomic E-state index is 0.0181. The number of halogens is 2. The Morgan fingerprint density at radius 2 is 1.59 bits per heavy atom. The van der Waals surface area contributed by atoms with Crippen LogP contribution in [-0.4, -0.2) is 54.0 Å². The number of benzene rings is 2. The lowest BCUT2D eigenvalue weighted by Gasteiger charge is -2.21. The summed E-state index contributed by atoms with van der Waals surface area (Å²) < 4.78 is 16.4. The molecule has 9 nitrogen and oxygen atoms in total. The standard InChI is InChI=1S/C26H28Cl2N2O7/c27-19-6-3-7-20(28)18(19)13-35-17-10-8-15(9-11-17)12-21(26(33)34)30-25(32)23-22(36-14-37-23)24(31)29-16-4-1-2-5-16/h3,6-11,16,21-23H,1-2,4-5,12-14H2,(H,29,31)(H,30,32)(H,33,34)/t21?,22-,23-/m1/s1. The van der Waals surface area contributed by atoms with Crippen molar-refractivity contribution in [3.05, 3.63) is 63.6 Å². The molecule has 2 aliphatic rings. The van der Waals surface area contributed by atoms with E-state index in [1.807, 2.05) is 0 Å². The van der Waals surface area contributed by atoms with Crippen LogP contribution in [0.5, 0.6) is 5.75 Å². The predicted molar refractivity (Wildman–Crippen MR) is 136 cm³/mol. The number of amides is 2. The summed E-state index contributed by atoms with van der Waals surface area (Å²) in [5.41, 5.74) is 1.33. The van der Waals surface area contributed by atoms with E-state index in [4.69, 9.17) is 37.4 Å². The van der Waals surface area contributed by atoms with E-state index in [2.05, 4.69) is 10.6 Å². The Balaban J connectivity index is 1.32. The van der Waals surface area contributed by atoms with E-state index in [0.29, 0.717) is 26.9 Å². The zero-order chi connectivity index (χ0) is 26.4. The van der Waals surface area contributed by atoms with Crippen LogP contribution >= 0.6 is 23.2 Å². The zero-order valence-corrected chi connectivity index (χ0v) is 21.5. The summed E-state index contributed by atoms with van der Waals surface area (Å²) in [7, 11) is 0. The van der Waals surface area contributed by atoms with Gasteiger partial charge in [0.25, 0.3) is 11.8 Å². The van der Waals surface area contributed by atoms with Gasteiger partial charge in [-0.05, 0) is 42.7 Å². The number of carbonyl (C=O) groups excluding carboxylic acids is 2. The fourth-order valence-electron chi connectivity index (χ4n) is 4.38. The number of carbonyl (C=O) groups is 3. The molecule has 11 heteroatoms. The third-order valence-electron chi connectivity index (χ3n) is 6.41. The van der Waals surface area contributed by atoms with Gasteiger partial charge in [-0.25, -0.2) is 4.79 Å². The van der Waals surface area contributed by atoms with Crippen molar-refractivity contribution >= 4 is 41.0 Å². The summed E-state index contributed by atoms with van der Waals surface area (Å²) in [4.78, 5) is 37.3. The Hall–Kier alpha value is -2.85. The van der Waals surface area contributed by atoms with Gasteiger partial charge in [0, 0.05) is 28.1 Å². The number of carboxylic acids is 1. The van der Waals surface area contributed by atoms with Crippen molar-refractivity contribution in [2.24, 2.45) is 0 Å². The third-order valence-corrected chi connectivity index (χ3v) is 7.12. The summed E-state index contributed by atoms with van der Waals surface area (Å²) in [5.74, 6) is -1.81. The van der Waals surface area contributed by atoms with E-state index < -0.39 is 36.0 Å². The molecule has 0 spiro atoms. The zero-order valence-electron chi connectivity index (χ0n) is 20.0. The quantitative estimate of drug-likeness (QED) is 0.413. The summed E-state index contributed by atoms with van der Waals surface area (Å²) in [5, 5.41) is 16.1. The average Bonchev–Trinajstić information content (AvgIpc) is 3.56. The smallest absolute Gasteiger partial charge is 0.326 e. The average molecular weight is 551 g/mol. The fourth-order valence-corrected chi connectivity index (χ4v) is 4.88. The van der Waals surface area contributed by atoms with E-state index in [1.165, 1.54) is 0 Å². The maximum Gasteiger partial charge on any atom is 0.326 e. The lowest BCUT2D eigenvalue weighted by molar-refractivity contribution is -0.144. The number of rotatable bonds is 10. The summed E-state index contributed by atoms with van der Waals surface area (Å²) >= 11 is 12.3. The maximum atomic E-state index is 12.8. The van der Waals surface area contributed by atoms with E-state index in [9.17, 15) is 19.5 Å². The first-order valence-electron chi connectivity index (χ1n) is 12.0. The molecule has 4 rings (SSSR count). The molecule has 2 fully saturated rings. The minimum Gasteiger partial charge on any atom is -0.489 e. The van der Waals surface area contributed by atoms with Crippen molar-refractivity contribution in [1.29, 1.82) is 0 Å². The van der Waals surface area contributed by atoms with Gasteiger partial charge < -0.3 is 30.0 Å². The molecule has 1 heterocycles. The largest absolute Gasteiger partial charge is 0.489 e. The lowest BCUT2D eigenvalue weighted by Crippen LogP contribution is -2.53. The summed E-state index contributed by atoms with van der Waals surface area (Å²) in [6.45, 7) is -0.0515. The molecule has 2 aromatic rings. The van der Waals surface area contributed by atoms with Crippen LogP contribution in [0.15, 0.2) is 42.5 Å². The first-order valence-corrected chi connectivity index (χ1v) is 12.8. The second-order valence-electron chi connectivity index (χ2n) is 9.02. The van der Waals surface area contributed by atoms with Crippen LogP contribution in [0.1, 0.15) is 36.8 Å². The molecule has 37 heavy (non-hydrogen) atoms. The molecule has 3 N–H and O–H groups in total. The van der Waals surface area contributed by atoms with Crippen LogP contribution in [0.25, 0.3) is 0 Å². The Morgan fingerprint density at radius 1 is 0.973 bits per heavy atom. The molecule has 2 aromatic carbocycles. The second kappa shape index (κ2) is 12.6. The van der Waals surface area contributed by atoms with Gasteiger partial charge in [-0.15, -0.1) is 0 Å². The van der Waals surface area contributed by atoms with Gasteiger partial charge in [-0.2, -0.15) is 0 Å². The second-order valence-corrected chi connectivity index (χ2v) is 9.83. The molecular formula is C26H28Cl2N2O7. The molecule has 0 aromatic heterocycles. The van der Waals surface area contributed by atoms with Crippen molar-refractivity contribution < 1.29 is 33.7 Å². The maximum absolute atomic E-state index is 12.8. The number of ether oxygens (including phenoxy) is 3. The van der Waals surface area contributed by atoms with E-state index in [0.717, 1.165) is 25.7 Å². The Morgan fingerprint density at radius 3 is 2.22 bits per heavy atom. The predicted octanol–water partition coefficient (Wildman–Crippen LogP) is 3.48. The first-order chi connectivity index (χ1) is 17.8. The molecule has 1 aliphatic heterocycles. The summed E-state index contributed by atoms with van der Waals surface area (Å²) in [6, 6.07) is 10.8. The van der Waals surface area contributed by atoms with Crippen molar-refractivity contribution in [1.82, 2.24) is 10.6 Å². The normalized spacial score (nSPS) is 20.4. The van der Waals surface area contributed by atoms with Crippen LogP contribution in [0.4, 0.5) is 0 Å². The molecule has 0 bridgehead atoms. The van der Waals surface area contributed by atoms with Crippen molar-refractivity contribution in [3.63, 3.8) is 0 Å². The molecule has 3 atom stereocenters. The van der Waals surface area contributed by atoms with Gasteiger partial charge in [-0.1, -0.05) is 54.2 Å². The van der Waals surface area contributed by atoms with Crippen LogP contribution in [0.3, 0.4) is 0 Å². The molecule has 2 amide bonds. The topological polar surface area (TPSA) is 123 Å². The molecular weight excluding hydrogens is 523 g/mol. The van der Waals surface area contributed by atoms with Crippen LogP contribution in [0, 0.1) is 0 Å². The Kier molecular flexibility index (Phi) is 9.26. The van der Waals surface area contributed by atoms with Gasteiger partial charge in [0.1, 0.15) is 25.2 Å². The highest BCUT2D eigenvalue weighted by Crippen LogP contribution is 2.26. The van der Waals surface area contributed by atoms with E-state index >= 15 is 0 Å². The van der Waals surface area contributed by atoms with Gasteiger partial charge in [0.15, 0.2) is 12.2 Å². The molecule has 1 aliphatic carbocycles. The SMILES string of the molecule is O=C(O)C(Cc1ccc(OCc2c(Cl)cccc2Cl)cc1)NC(=O)[C@@H]1OCO[C@H]1C(=O)NC1CCCC1. The highest BCUT2D eigenvalue weighted by molar-refractivity contribution is 6.35. The number of carboxylic acid groups (broad SMARTS) is 1. The molecule has 1 unspecified atom stereocenters. The number of hydrogen-bond donors (Lipinski definition) is 3. The van der Waals surface area contributed by atoms with Crippen LogP contribution in [-0.2, 0) is 36.9 Å². The molecule has 0 radical (unpaired) electrons. The van der Waals surface area contributed by atoms with Crippen LogP contribution in [0.2, 0.25) is 10.0 Å². The van der Waals surface area contributed by atoms with E-state index in [1.54, 1.807) is 42.5 Å². The highest BCUT2D eigenvalue weighted by atomic mass is 35.5. The third kappa shape index (κ3) is 7.13. The number of nitrogens with one attached hydrogen (secondary N) is 2. The highest BCUT2D eigenvalue weighted by Gasteiger charge is 2.42. The van der Waals surface area contributed by atoms with Gasteiger partial charge in [-0.3, -0.25) is 9.59 Å². The van der Waals surface area contributed by atoms with Crippen LogP contribution < -0.4 is 15.4 Å². The van der Waals surface area contributed by atoms with Gasteiger partial charge in [0.05, 0.1) is 0 Å². The fraction of sp³-hybridized carbons (Fsp3) is 0.423. The molecule has 1 saturated heterocycles. The Labute approximate surface area is 224 Å². The molecule has 198 valence electrons. The van der Waals surface area contributed by atoms with Crippen molar-refractivity contribution in [2.75, 3.05) is 6.79 Å². The van der Waals surface area contributed by atoms with Gasteiger partial charge >= 0.3 is 5.97 Å².